The van der Waals surface area contributed by atoms with Gasteiger partial charge >= 0.3 is 5.97 Å². The highest BCUT2D eigenvalue weighted by Gasteiger charge is 2.30. The van der Waals surface area contributed by atoms with E-state index in [1.165, 1.54) is 19.3 Å². The lowest BCUT2D eigenvalue weighted by molar-refractivity contribution is -0.137. The fourth-order valence-electron chi connectivity index (χ4n) is 5.43. The average molecular weight is 610 g/mol. The molecule has 1 fully saturated rings. The van der Waals surface area contributed by atoms with E-state index in [4.69, 9.17) is 5.11 Å². The lowest BCUT2D eigenvalue weighted by Gasteiger charge is -2.28. The predicted molar refractivity (Wildman–Crippen MR) is 168 cm³/mol. The summed E-state index contributed by atoms with van der Waals surface area (Å²) in [6, 6.07) is -2.26. The number of rotatable bonds is 21. The molecule has 248 valence electrons. The van der Waals surface area contributed by atoms with Crippen LogP contribution in [0.5, 0.6) is 0 Å². The van der Waals surface area contributed by atoms with Crippen molar-refractivity contribution in [1.82, 2.24) is 26.6 Å². The molecule has 0 aromatic rings. The normalized spacial score (nSPS) is 17.3. The van der Waals surface area contributed by atoms with Crippen LogP contribution in [0.2, 0.25) is 0 Å². The number of carboxylic acids is 1. The van der Waals surface area contributed by atoms with Crippen LogP contribution in [0.25, 0.3) is 0 Å². The highest BCUT2D eigenvalue weighted by molar-refractivity contribution is 5.92. The molecule has 0 spiro atoms. The van der Waals surface area contributed by atoms with Gasteiger partial charge in [0, 0.05) is 32.0 Å². The first kappa shape index (κ1) is 38.3. The molecule has 5 atom stereocenters. The van der Waals surface area contributed by atoms with Gasteiger partial charge in [-0.1, -0.05) is 66.7 Å². The smallest absolute Gasteiger partial charge is 0.303 e. The second-order valence-electron chi connectivity index (χ2n) is 12.7. The molecule has 6 N–H and O–H groups in total. The third-order valence-electron chi connectivity index (χ3n) is 8.27. The minimum Gasteiger partial charge on any atom is -0.481 e. The molecule has 0 heterocycles. The average Bonchev–Trinajstić information content (AvgIpc) is 2.96. The van der Waals surface area contributed by atoms with Crippen LogP contribution in [-0.2, 0) is 24.0 Å². The molecule has 0 bridgehead atoms. The first-order chi connectivity index (χ1) is 20.4. The topological polar surface area (TPSA) is 166 Å². The largest absolute Gasteiger partial charge is 0.481 e. The van der Waals surface area contributed by atoms with E-state index in [1.54, 1.807) is 0 Å². The van der Waals surface area contributed by atoms with Crippen molar-refractivity contribution in [3.63, 3.8) is 0 Å². The number of hydrogen-bond donors (Lipinski definition) is 6. The lowest BCUT2D eigenvalue weighted by Crippen LogP contribution is -2.57. The van der Waals surface area contributed by atoms with Crippen molar-refractivity contribution in [1.29, 1.82) is 0 Å². The quantitative estimate of drug-likeness (QED) is 0.116. The van der Waals surface area contributed by atoms with Crippen LogP contribution in [0.3, 0.4) is 0 Å². The Bertz CT molecular complexity index is 876. The number of aliphatic carboxylic acids is 1. The summed E-state index contributed by atoms with van der Waals surface area (Å²) in [5.74, 6) is -1.48. The molecule has 43 heavy (non-hydrogen) atoms. The standard InChI is InChI=1S/C32H59N5O6/c1-7-13-26(36-32(43)29(22(5)8-2)37-27(38)16-12-17-28(39)40)31(42)35-25(18-21(3)4)20-33-23(6)30(41)34-19-24-14-10-9-11-15-24/h21-26,29,33H,7-20H2,1-6H3,(H,34,41)(H,35,42)(H,36,43)(H,37,38)(H,39,40)/t22-,23+,25+,26+,29+/m1/s1. The van der Waals surface area contributed by atoms with E-state index in [0.717, 1.165) is 12.8 Å². The summed E-state index contributed by atoms with van der Waals surface area (Å²) in [7, 11) is 0. The van der Waals surface area contributed by atoms with Gasteiger partial charge in [0.25, 0.3) is 0 Å². The maximum Gasteiger partial charge on any atom is 0.303 e. The minimum atomic E-state index is -0.976. The molecule has 0 saturated heterocycles. The molecular formula is C32H59N5O6. The van der Waals surface area contributed by atoms with Gasteiger partial charge in [-0.15, -0.1) is 0 Å². The Kier molecular flexibility index (Phi) is 18.8. The van der Waals surface area contributed by atoms with Gasteiger partial charge in [0.2, 0.25) is 23.6 Å². The molecular weight excluding hydrogens is 550 g/mol. The maximum absolute atomic E-state index is 13.4. The zero-order valence-corrected chi connectivity index (χ0v) is 27.4. The third-order valence-corrected chi connectivity index (χ3v) is 8.27. The van der Waals surface area contributed by atoms with E-state index < -0.39 is 35.9 Å². The molecule has 0 aromatic heterocycles. The number of carbonyl (C=O) groups excluding carboxylic acids is 4. The Morgan fingerprint density at radius 3 is 2.09 bits per heavy atom. The third kappa shape index (κ3) is 16.1. The molecule has 1 saturated carbocycles. The molecule has 0 unspecified atom stereocenters. The van der Waals surface area contributed by atoms with Crippen LogP contribution in [0.15, 0.2) is 0 Å². The summed E-state index contributed by atoms with van der Waals surface area (Å²) in [6.07, 6.45) is 8.55. The van der Waals surface area contributed by atoms with Crippen LogP contribution in [0.4, 0.5) is 0 Å². The van der Waals surface area contributed by atoms with Crippen LogP contribution in [-0.4, -0.2) is 72.0 Å². The zero-order valence-electron chi connectivity index (χ0n) is 27.4. The van der Waals surface area contributed by atoms with Crippen LogP contribution in [0.1, 0.15) is 119 Å². The first-order valence-corrected chi connectivity index (χ1v) is 16.5. The summed E-state index contributed by atoms with van der Waals surface area (Å²) in [5, 5.41) is 23.9. The number of carbonyl (C=O) groups is 5. The van der Waals surface area contributed by atoms with E-state index in [-0.39, 0.29) is 43.0 Å². The van der Waals surface area contributed by atoms with Gasteiger partial charge in [0.15, 0.2) is 0 Å². The second kappa shape index (κ2) is 21.1. The van der Waals surface area contributed by atoms with E-state index in [0.29, 0.717) is 50.6 Å². The van der Waals surface area contributed by atoms with Crippen LogP contribution >= 0.6 is 0 Å². The Morgan fingerprint density at radius 2 is 1.51 bits per heavy atom. The van der Waals surface area contributed by atoms with Crippen molar-refractivity contribution in [3.05, 3.63) is 0 Å². The fraction of sp³-hybridized carbons (Fsp3) is 0.844. The zero-order chi connectivity index (χ0) is 32.4. The van der Waals surface area contributed by atoms with Crippen molar-refractivity contribution in [3.8, 4) is 0 Å². The minimum absolute atomic E-state index is 0.00625. The highest BCUT2D eigenvalue weighted by atomic mass is 16.4. The second-order valence-corrected chi connectivity index (χ2v) is 12.7. The van der Waals surface area contributed by atoms with Crippen LogP contribution in [0, 0.1) is 17.8 Å². The van der Waals surface area contributed by atoms with Gasteiger partial charge in [-0.3, -0.25) is 24.0 Å². The molecule has 11 nitrogen and oxygen atoms in total. The monoisotopic (exact) mass is 609 g/mol. The summed E-state index contributed by atoms with van der Waals surface area (Å²) in [5.41, 5.74) is 0. The van der Waals surface area contributed by atoms with Crippen molar-refractivity contribution in [2.75, 3.05) is 13.1 Å². The molecule has 1 rings (SSSR count). The first-order valence-electron chi connectivity index (χ1n) is 16.5. The number of hydrogen-bond acceptors (Lipinski definition) is 6. The van der Waals surface area contributed by atoms with Crippen molar-refractivity contribution < 1.29 is 29.1 Å². The molecule has 11 heteroatoms. The summed E-state index contributed by atoms with van der Waals surface area (Å²) in [4.78, 5) is 62.7. The maximum atomic E-state index is 13.4. The molecule has 0 aliphatic heterocycles. The van der Waals surface area contributed by atoms with Crippen LogP contribution < -0.4 is 26.6 Å². The van der Waals surface area contributed by atoms with E-state index in [2.05, 4.69) is 40.4 Å². The summed E-state index contributed by atoms with van der Waals surface area (Å²) < 4.78 is 0. The Morgan fingerprint density at radius 1 is 0.837 bits per heavy atom. The molecule has 0 aromatic carbocycles. The summed E-state index contributed by atoms with van der Waals surface area (Å²) in [6.45, 7) is 12.8. The Hall–Kier alpha value is -2.69. The van der Waals surface area contributed by atoms with E-state index in [9.17, 15) is 24.0 Å². The molecule has 1 aliphatic rings. The number of nitrogens with one attached hydrogen (secondary N) is 5. The van der Waals surface area contributed by atoms with Crippen molar-refractivity contribution >= 4 is 29.6 Å². The van der Waals surface area contributed by atoms with E-state index >= 15 is 0 Å². The molecule has 0 radical (unpaired) electrons. The molecule has 4 amide bonds. The van der Waals surface area contributed by atoms with Crippen molar-refractivity contribution in [2.24, 2.45) is 17.8 Å². The SMILES string of the molecule is CCC[C@H](NC(=O)[C@@H](NC(=O)CCCC(=O)O)[C@H](C)CC)C(=O)N[C@H](CN[C@@H](C)C(=O)NCC1CCCCC1)CC(C)C. The molecule has 1 aliphatic carbocycles. The highest BCUT2D eigenvalue weighted by Crippen LogP contribution is 2.22. The van der Waals surface area contributed by atoms with E-state index in [1.807, 2.05) is 27.7 Å². The number of amides is 4. The van der Waals surface area contributed by atoms with Gasteiger partial charge in [0.05, 0.1) is 6.04 Å². The predicted octanol–water partition coefficient (Wildman–Crippen LogP) is 3.26. The van der Waals surface area contributed by atoms with Gasteiger partial charge in [-0.05, 0) is 56.8 Å². The fourth-order valence-corrected chi connectivity index (χ4v) is 5.43. The Balaban J connectivity index is 2.78. The van der Waals surface area contributed by atoms with Gasteiger partial charge in [-0.2, -0.15) is 0 Å². The van der Waals surface area contributed by atoms with Gasteiger partial charge in [0.1, 0.15) is 12.1 Å². The Labute approximate surface area is 258 Å². The lowest BCUT2D eigenvalue weighted by atomic mass is 9.89. The summed E-state index contributed by atoms with van der Waals surface area (Å²) >= 11 is 0. The number of carboxylic acid groups (broad SMARTS) is 1. The van der Waals surface area contributed by atoms with Gasteiger partial charge in [-0.25, -0.2) is 0 Å². The van der Waals surface area contributed by atoms with Crippen molar-refractivity contribution in [2.45, 2.75) is 143 Å². The van der Waals surface area contributed by atoms with Gasteiger partial charge < -0.3 is 31.7 Å².